The van der Waals surface area contributed by atoms with Crippen molar-refractivity contribution in [2.24, 2.45) is 0 Å². The summed E-state index contributed by atoms with van der Waals surface area (Å²) in [5.41, 5.74) is 0. The first-order valence-electron chi connectivity index (χ1n) is 5.04. The zero-order valence-electron chi connectivity index (χ0n) is 9.66. The fourth-order valence-corrected chi connectivity index (χ4v) is 2.23. The molecule has 0 aromatic rings. The molecule has 1 saturated heterocycles. The van der Waals surface area contributed by atoms with Crippen molar-refractivity contribution in [1.82, 2.24) is 0 Å². The quantitative estimate of drug-likeness (QED) is 0.250. The van der Waals surface area contributed by atoms with Gasteiger partial charge in [-0.05, 0) is 0 Å². The van der Waals surface area contributed by atoms with Gasteiger partial charge in [-0.2, -0.15) is 0 Å². The number of phosphoric ester groups is 2. The lowest BCUT2D eigenvalue weighted by Gasteiger charge is -2.39. The number of hydrogen-bond donors (Lipinski definition) is 7. The average Bonchev–Trinajstić information content (AvgIpc) is 2.25. The molecule has 20 heavy (non-hydrogen) atoms. The van der Waals surface area contributed by atoms with Crippen LogP contribution in [-0.4, -0.2) is 72.2 Å². The van der Waals surface area contributed by atoms with Crippen molar-refractivity contribution >= 4 is 15.6 Å². The standard InChI is InChI=1S/C6H14O12P2/c7-3-2(1-16-19(10,11)12)17-6(5(9)4(3)8)18-20(13,14)15/h2-9H,1H2,(H2,10,11,12)(H2,13,14,15)/t2-,3-,4+,5+,6-/m1/s1. The van der Waals surface area contributed by atoms with E-state index in [-0.39, 0.29) is 0 Å². The minimum absolute atomic E-state index is 0.907. The number of hydrogen-bond acceptors (Lipinski definition) is 8. The van der Waals surface area contributed by atoms with Crippen LogP contribution in [0.4, 0.5) is 0 Å². The van der Waals surface area contributed by atoms with Crippen LogP contribution in [0.2, 0.25) is 0 Å². The lowest BCUT2D eigenvalue weighted by Crippen LogP contribution is -2.59. The van der Waals surface area contributed by atoms with E-state index < -0.39 is 53.0 Å². The van der Waals surface area contributed by atoms with Crippen molar-refractivity contribution in [3.8, 4) is 0 Å². The third kappa shape index (κ3) is 5.45. The molecule has 12 nitrogen and oxygen atoms in total. The maximum atomic E-state index is 10.6. The first kappa shape index (κ1) is 18.1. The van der Waals surface area contributed by atoms with Crippen molar-refractivity contribution < 1.29 is 57.8 Å². The summed E-state index contributed by atoms with van der Waals surface area (Å²) in [4.78, 5) is 34.1. The van der Waals surface area contributed by atoms with E-state index in [0.717, 1.165) is 0 Å². The average molecular weight is 340 g/mol. The molecule has 1 heterocycles. The van der Waals surface area contributed by atoms with Crippen molar-refractivity contribution in [2.45, 2.75) is 30.7 Å². The van der Waals surface area contributed by atoms with Crippen LogP contribution in [0.1, 0.15) is 0 Å². The van der Waals surface area contributed by atoms with Crippen LogP contribution in [0.25, 0.3) is 0 Å². The predicted octanol–water partition coefficient (Wildman–Crippen LogP) is -2.99. The smallest absolute Gasteiger partial charge is 0.387 e. The topological polar surface area (TPSA) is 203 Å². The largest absolute Gasteiger partial charge is 0.472 e. The summed E-state index contributed by atoms with van der Waals surface area (Å²) in [5, 5.41) is 28.4. The first-order valence-corrected chi connectivity index (χ1v) is 8.10. The van der Waals surface area contributed by atoms with Crippen LogP contribution in [0.5, 0.6) is 0 Å². The van der Waals surface area contributed by atoms with Gasteiger partial charge in [-0.3, -0.25) is 9.05 Å². The molecule has 1 fully saturated rings. The van der Waals surface area contributed by atoms with Crippen LogP contribution >= 0.6 is 15.6 Å². The van der Waals surface area contributed by atoms with Crippen LogP contribution in [0.15, 0.2) is 0 Å². The molecule has 1 aliphatic rings. The van der Waals surface area contributed by atoms with E-state index >= 15 is 0 Å². The molecule has 1 rings (SSSR count). The molecule has 0 aromatic carbocycles. The number of ether oxygens (including phenoxy) is 1. The molecule has 0 saturated carbocycles. The monoisotopic (exact) mass is 340 g/mol. The molecule has 0 radical (unpaired) electrons. The summed E-state index contributed by atoms with van der Waals surface area (Å²) in [6.07, 6.45) is -9.32. The predicted molar refractivity (Wildman–Crippen MR) is 57.8 cm³/mol. The molecule has 0 aromatic heterocycles. The first-order chi connectivity index (χ1) is 8.91. The lowest BCUT2D eigenvalue weighted by atomic mass is 10.00. The Hall–Kier alpha value is 0.0600. The summed E-state index contributed by atoms with van der Waals surface area (Å²) < 4.78 is 33.9. The highest BCUT2D eigenvalue weighted by atomic mass is 31.2. The molecule has 5 atom stereocenters. The van der Waals surface area contributed by atoms with Crippen molar-refractivity contribution in [1.29, 1.82) is 0 Å². The summed E-state index contributed by atoms with van der Waals surface area (Å²) >= 11 is 0. The summed E-state index contributed by atoms with van der Waals surface area (Å²) in [6.45, 7) is -0.907. The Kier molecular flexibility index (Phi) is 5.83. The van der Waals surface area contributed by atoms with Gasteiger partial charge in [0.2, 0.25) is 0 Å². The highest BCUT2D eigenvalue weighted by molar-refractivity contribution is 7.46. The summed E-state index contributed by atoms with van der Waals surface area (Å²) in [7, 11) is -9.95. The van der Waals surface area contributed by atoms with E-state index in [1.807, 2.05) is 0 Å². The minimum Gasteiger partial charge on any atom is -0.387 e. The van der Waals surface area contributed by atoms with Gasteiger partial charge in [-0.25, -0.2) is 9.13 Å². The third-order valence-corrected chi connectivity index (χ3v) is 3.28. The molecule has 120 valence electrons. The normalized spacial score (nSPS) is 36.0. The number of rotatable bonds is 5. The maximum Gasteiger partial charge on any atom is 0.472 e. The molecule has 0 amide bonds. The fraction of sp³-hybridized carbons (Fsp3) is 1.00. The number of phosphoric acid groups is 2. The molecule has 14 heteroatoms. The van der Waals surface area contributed by atoms with E-state index in [2.05, 4.69) is 9.05 Å². The van der Waals surface area contributed by atoms with Gasteiger partial charge in [-0.1, -0.05) is 0 Å². The zero-order chi connectivity index (χ0) is 15.7. The van der Waals surface area contributed by atoms with E-state index in [1.165, 1.54) is 0 Å². The van der Waals surface area contributed by atoms with Crippen molar-refractivity contribution in [3.63, 3.8) is 0 Å². The Morgan fingerprint density at radius 1 is 0.900 bits per heavy atom. The second kappa shape index (κ2) is 6.44. The van der Waals surface area contributed by atoms with Gasteiger partial charge in [0.05, 0.1) is 6.61 Å². The van der Waals surface area contributed by atoms with E-state index in [4.69, 9.17) is 24.3 Å². The molecule has 0 spiro atoms. The van der Waals surface area contributed by atoms with Gasteiger partial charge in [0.1, 0.15) is 24.4 Å². The van der Waals surface area contributed by atoms with Crippen LogP contribution in [0, 0.1) is 0 Å². The molecular weight excluding hydrogens is 326 g/mol. The number of aliphatic hydroxyl groups excluding tert-OH is 3. The minimum atomic E-state index is -5.07. The third-order valence-electron chi connectivity index (χ3n) is 2.32. The van der Waals surface area contributed by atoms with Crippen molar-refractivity contribution in [2.75, 3.05) is 6.61 Å². The molecular formula is C6H14O12P2. The Morgan fingerprint density at radius 2 is 1.45 bits per heavy atom. The molecule has 7 N–H and O–H groups in total. The Morgan fingerprint density at radius 3 is 1.90 bits per heavy atom. The van der Waals surface area contributed by atoms with Gasteiger partial charge in [0.15, 0.2) is 6.29 Å². The molecule has 0 unspecified atom stereocenters. The van der Waals surface area contributed by atoms with Gasteiger partial charge in [-0.15, -0.1) is 0 Å². The van der Waals surface area contributed by atoms with Crippen LogP contribution < -0.4 is 0 Å². The summed E-state index contributed by atoms with van der Waals surface area (Å²) in [6, 6.07) is 0. The van der Waals surface area contributed by atoms with Crippen LogP contribution in [-0.2, 0) is 22.9 Å². The maximum absolute atomic E-state index is 10.6. The highest BCUT2D eigenvalue weighted by Gasteiger charge is 2.47. The number of aliphatic hydroxyl groups is 3. The van der Waals surface area contributed by atoms with E-state index in [1.54, 1.807) is 0 Å². The van der Waals surface area contributed by atoms with Gasteiger partial charge in [0, 0.05) is 0 Å². The highest BCUT2D eigenvalue weighted by Crippen LogP contribution is 2.41. The Balaban J connectivity index is 2.76. The van der Waals surface area contributed by atoms with Gasteiger partial charge >= 0.3 is 15.6 Å². The SMILES string of the molecule is O=P(O)(O)OC[C@H]1O[C@H](OP(=O)(O)O)[C@@H](O)[C@@H](O)[C@@H]1O. The molecule has 1 aliphatic heterocycles. The molecule has 0 aliphatic carbocycles. The second-order valence-corrected chi connectivity index (χ2v) is 6.33. The molecule has 0 bridgehead atoms. The van der Waals surface area contributed by atoms with Gasteiger partial charge in [0.25, 0.3) is 0 Å². The van der Waals surface area contributed by atoms with E-state index in [9.17, 15) is 24.4 Å². The summed E-state index contributed by atoms with van der Waals surface area (Å²) in [5.74, 6) is 0. The second-order valence-electron chi connectivity index (χ2n) is 3.90. The van der Waals surface area contributed by atoms with Gasteiger partial charge < -0.3 is 39.6 Å². The van der Waals surface area contributed by atoms with Crippen molar-refractivity contribution in [3.05, 3.63) is 0 Å². The zero-order valence-corrected chi connectivity index (χ0v) is 11.4. The Bertz CT molecular complexity index is 412. The lowest BCUT2D eigenvalue weighted by molar-refractivity contribution is -0.279. The van der Waals surface area contributed by atoms with E-state index in [0.29, 0.717) is 0 Å². The fourth-order valence-electron chi connectivity index (χ4n) is 1.45. The Labute approximate surface area is 112 Å². The van der Waals surface area contributed by atoms with Crippen LogP contribution in [0.3, 0.4) is 0 Å².